The molecule has 0 aliphatic heterocycles. The first-order valence-corrected chi connectivity index (χ1v) is 5.99. The van der Waals surface area contributed by atoms with Crippen molar-refractivity contribution in [1.82, 2.24) is 0 Å². The van der Waals surface area contributed by atoms with E-state index in [-0.39, 0.29) is 23.7 Å². The Morgan fingerprint density at radius 2 is 2.26 bits per heavy atom. The number of ether oxygens (including phenoxy) is 1. The lowest BCUT2D eigenvalue weighted by molar-refractivity contribution is -0.384. The summed E-state index contributed by atoms with van der Waals surface area (Å²) in [6.07, 6.45) is 0.775. The van der Waals surface area contributed by atoms with Gasteiger partial charge in [0.1, 0.15) is 11.4 Å². The van der Waals surface area contributed by atoms with E-state index >= 15 is 0 Å². The molecule has 104 valence electrons. The van der Waals surface area contributed by atoms with Crippen molar-refractivity contribution in [2.75, 3.05) is 18.5 Å². The smallest absolute Gasteiger partial charge is 0.296 e. The van der Waals surface area contributed by atoms with Crippen molar-refractivity contribution in [2.24, 2.45) is 5.73 Å². The van der Waals surface area contributed by atoms with Gasteiger partial charge in [-0.15, -0.1) is 0 Å². The topological polar surface area (TPSA) is 107 Å². The van der Waals surface area contributed by atoms with Gasteiger partial charge in [-0.25, -0.2) is 0 Å². The van der Waals surface area contributed by atoms with Gasteiger partial charge in [-0.2, -0.15) is 0 Å². The van der Waals surface area contributed by atoms with Crippen molar-refractivity contribution < 1.29 is 14.5 Å². The van der Waals surface area contributed by atoms with Crippen LogP contribution < -0.4 is 15.8 Å². The quantitative estimate of drug-likeness (QED) is 0.577. The van der Waals surface area contributed by atoms with Crippen LogP contribution in [0.5, 0.6) is 5.75 Å². The molecule has 0 aliphatic carbocycles. The molecule has 0 aromatic heterocycles. The highest BCUT2D eigenvalue weighted by Gasteiger charge is 2.17. The van der Waals surface area contributed by atoms with Crippen LogP contribution in [0.2, 0.25) is 0 Å². The van der Waals surface area contributed by atoms with Crippen LogP contribution in [-0.2, 0) is 4.79 Å². The summed E-state index contributed by atoms with van der Waals surface area (Å²) in [5, 5.41) is 13.5. The van der Waals surface area contributed by atoms with Crippen molar-refractivity contribution in [2.45, 2.75) is 19.8 Å². The minimum absolute atomic E-state index is 0.162. The summed E-state index contributed by atoms with van der Waals surface area (Å²) in [5.74, 6) is 0.104. The fourth-order valence-corrected chi connectivity index (χ4v) is 1.50. The molecule has 19 heavy (non-hydrogen) atoms. The van der Waals surface area contributed by atoms with E-state index in [0.29, 0.717) is 25.3 Å². The molecule has 0 aliphatic rings. The average molecular weight is 267 g/mol. The van der Waals surface area contributed by atoms with E-state index in [4.69, 9.17) is 10.5 Å². The van der Waals surface area contributed by atoms with Gasteiger partial charge < -0.3 is 15.8 Å². The number of nitrogens with zero attached hydrogens (tertiary/aromatic N) is 1. The lowest BCUT2D eigenvalue weighted by Crippen LogP contribution is -2.14. The zero-order valence-corrected chi connectivity index (χ0v) is 10.7. The average Bonchev–Trinajstić information content (AvgIpc) is 2.38. The largest absolute Gasteiger partial charge is 0.494 e. The van der Waals surface area contributed by atoms with Gasteiger partial charge in [0.15, 0.2) is 0 Å². The maximum absolute atomic E-state index is 11.5. The number of amides is 1. The Morgan fingerprint density at radius 3 is 2.84 bits per heavy atom. The molecule has 7 nitrogen and oxygen atoms in total. The number of benzene rings is 1. The molecule has 1 rings (SSSR count). The molecule has 1 aromatic carbocycles. The number of nitrogens with one attached hydrogen (secondary N) is 1. The van der Waals surface area contributed by atoms with Crippen molar-refractivity contribution >= 4 is 17.3 Å². The maximum Gasteiger partial charge on any atom is 0.296 e. The van der Waals surface area contributed by atoms with Crippen LogP contribution in [0.4, 0.5) is 11.4 Å². The molecule has 1 aromatic rings. The molecule has 1 amide bonds. The summed E-state index contributed by atoms with van der Waals surface area (Å²) in [5.41, 5.74) is 5.27. The molecule has 0 saturated heterocycles. The summed E-state index contributed by atoms with van der Waals surface area (Å²) >= 11 is 0. The third-order valence-corrected chi connectivity index (χ3v) is 2.36. The SMILES string of the molecule is CCOc1ccc(NC(=O)CCCN)c([N+](=O)[O-])c1. The second-order valence-corrected chi connectivity index (χ2v) is 3.81. The highest BCUT2D eigenvalue weighted by Crippen LogP contribution is 2.29. The van der Waals surface area contributed by atoms with Crippen LogP contribution >= 0.6 is 0 Å². The number of nitro groups is 1. The molecule has 0 spiro atoms. The third-order valence-electron chi connectivity index (χ3n) is 2.36. The van der Waals surface area contributed by atoms with E-state index < -0.39 is 4.92 Å². The lowest BCUT2D eigenvalue weighted by atomic mass is 10.2. The molecule has 3 N–H and O–H groups in total. The first kappa shape index (κ1) is 14.9. The van der Waals surface area contributed by atoms with E-state index in [0.717, 1.165) is 0 Å². The van der Waals surface area contributed by atoms with Crippen LogP contribution in [0.3, 0.4) is 0 Å². The molecular formula is C12H17N3O4. The Bertz CT molecular complexity index is 462. The van der Waals surface area contributed by atoms with Crippen molar-refractivity contribution in [3.8, 4) is 5.75 Å². The van der Waals surface area contributed by atoms with Crippen LogP contribution in [0.15, 0.2) is 18.2 Å². The highest BCUT2D eigenvalue weighted by atomic mass is 16.6. The van der Waals surface area contributed by atoms with E-state index in [2.05, 4.69) is 5.32 Å². The van der Waals surface area contributed by atoms with Crippen molar-refractivity contribution in [3.63, 3.8) is 0 Å². The van der Waals surface area contributed by atoms with E-state index in [1.807, 2.05) is 0 Å². The summed E-state index contributed by atoms with van der Waals surface area (Å²) < 4.78 is 5.19. The molecule has 0 unspecified atom stereocenters. The van der Waals surface area contributed by atoms with Crippen LogP contribution in [-0.4, -0.2) is 24.0 Å². The Balaban J connectivity index is 2.87. The van der Waals surface area contributed by atoms with Gasteiger partial charge in [-0.05, 0) is 32.0 Å². The molecule has 0 bridgehead atoms. The number of hydrogen-bond acceptors (Lipinski definition) is 5. The van der Waals surface area contributed by atoms with Gasteiger partial charge in [0.25, 0.3) is 5.69 Å². The van der Waals surface area contributed by atoms with Gasteiger partial charge in [-0.1, -0.05) is 0 Å². The number of hydrogen-bond donors (Lipinski definition) is 2. The summed E-state index contributed by atoms with van der Waals surface area (Å²) in [6, 6.07) is 4.33. The van der Waals surface area contributed by atoms with Crippen LogP contribution in [0.25, 0.3) is 0 Å². The molecule has 0 saturated carbocycles. The minimum atomic E-state index is -0.554. The number of nitro benzene ring substituents is 1. The van der Waals surface area contributed by atoms with E-state index in [1.165, 1.54) is 12.1 Å². The van der Waals surface area contributed by atoms with E-state index in [1.54, 1.807) is 13.0 Å². The van der Waals surface area contributed by atoms with Gasteiger partial charge in [0.05, 0.1) is 17.6 Å². The zero-order valence-electron chi connectivity index (χ0n) is 10.7. The lowest BCUT2D eigenvalue weighted by Gasteiger charge is -2.08. The monoisotopic (exact) mass is 267 g/mol. The van der Waals surface area contributed by atoms with Crippen molar-refractivity contribution in [3.05, 3.63) is 28.3 Å². The van der Waals surface area contributed by atoms with Crippen LogP contribution in [0.1, 0.15) is 19.8 Å². The Labute approximate surface area is 110 Å². The van der Waals surface area contributed by atoms with Gasteiger partial charge in [0.2, 0.25) is 5.91 Å². The number of carbonyl (C=O) groups excluding carboxylic acids is 1. The zero-order chi connectivity index (χ0) is 14.3. The highest BCUT2D eigenvalue weighted by molar-refractivity contribution is 5.93. The van der Waals surface area contributed by atoms with E-state index in [9.17, 15) is 14.9 Å². The molecule has 0 heterocycles. The molecule has 0 radical (unpaired) electrons. The fourth-order valence-electron chi connectivity index (χ4n) is 1.50. The Hall–Kier alpha value is -2.15. The second-order valence-electron chi connectivity index (χ2n) is 3.81. The minimum Gasteiger partial charge on any atom is -0.494 e. The van der Waals surface area contributed by atoms with Gasteiger partial charge in [-0.3, -0.25) is 14.9 Å². The number of rotatable bonds is 7. The van der Waals surface area contributed by atoms with Crippen molar-refractivity contribution in [1.29, 1.82) is 0 Å². The summed E-state index contributed by atoms with van der Waals surface area (Å²) in [4.78, 5) is 21.9. The summed E-state index contributed by atoms with van der Waals surface area (Å²) in [6.45, 7) is 2.60. The summed E-state index contributed by atoms with van der Waals surface area (Å²) in [7, 11) is 0. The standard InChI is InChI=1S/C12H17N3O4/c1-2-19-9-5-6-10(11(8-9)15(17)18)14-12(16)4-3-7-13/h5-6,8H,2-4,7,13H2,1H3,(H,14,16). The second kappa shape index (κ2) is 7.32. The molecule has 7 heteroatoms. The predicted octanol–water partition coefficient (Wildman–Crippen LogP) is 1.67. The fraction of sp³-hybridized carbons (Fsp3) is 0.417. The molecule has 0 atom stereocenters. The first-order valence-electron chi connectivity index (χ1n) is 5.99. The van der Waals surface area contributed by atoms with Gasteiger partial charge >= 0.3 is 0 Å². The predicted molar refractivity (Wildman–Crippen MR) is 71.2 cm³/mol. The number of carbonyl (C=O) groups is 1. The number of anilines is 1. The molecule has 0 fully saturated rings. The maximum atomic E-state index is 11.5. The number of nitrogens with two attached hydrogens (primary N) is 1. The normalized spacial score (nSPS) is 10.0. The third kappa shape index (κ3) is 4.55. The first-order chi connectivity index (χ1) is 9.08. The molecular weight excluding hydrogens is 250 g/mol. The Morgan fingerprint density at radius 1 is 1.53 bits per heavy atom. The Kier molecular flexibility index (Phi) is 5.74. The van der Waals surface area contributed by atoms with Gasteiger partial charge in [0, 0.05) is 6.42 Å². The van der Waals surface area contributed by atoms with Crippen LogP contribution in [0, 0.1) is 10.1 Å².